The average molecular weight is 465 g/mol. The van der Waals surface area contributed by atoms with E-state index in [-0.39, 0.29) is 16.8 Å². The van der Waals surface area contributed by atoms with E-state index >= 15 is 0 Å². The molecule has 1 aliphatic carbocycles. The first-order chi connectivity index (χ1) is 15.9. The Labute approximate surface area is 194 Å². The van der Waals surface area contributed by atoms with Crippen molar-refractivity contribution in [2.24, 2.45) is 5.92 Å². The Balaban J connectivity index is 1.28. The summed E-state index contributed by atoms with van der Waals surface area (Å²) in [4.78, 5) is 21.8. The molecule has 0 bridgehead atoms. The Morgan fingerprint density at radius 1 is 1.06 bits per heavy atom. The van der Waals surface area contributed by atoms with Crippen LogP contribution in [0.1, 0.15) is 30.1 Å². The number of aromatic nitrogens is 1. The minimum atomic E-state index is -3.83. The normalized spacial score (nSPS) is 19.5. The number of benzene rings is 2. The summed E-state index contributed by atoms with van der Waals surface area (Å²) in [7, 11) is -3.83. The fourth-order valence-electron chi connectivity index (χ4n) is 4.52. The van der Waals surface area contributed by atoms with Crippen molar-refractivity contribution < 1.29 is 13.2 Å². The highest BCUT2D eigenvalue weighted by Gasteiger charge is 2.31. The third-order valence-corrected chi connectivity index (χ3v) is 7.87. The lowest BCUT2D eigenvalue weighted by Crippen LogP contribution is -2.54. The number of nitrogens with one attached hydrogen (secondary N) is 1. The van der Waals surface area contributed by atoms with Crippen LogP contribution in [0.25, 0.3) is 10.9 Å². The molecular formula is C25H28N4O3S. The third-order valence-electron chi connectivity index (χ3n) is 6.46. The van der Waals surface area contributed by atoms with Crippen molar-refractivity contribution in [3.63, 3.8) is 0 Å². The van der Waals surface area contributed by atoms with Crippen LogP contribution in [0.4, 0.5) is 5.69 Å². The van der Waals surface area contributed by atoms with Gasteiger partial charge in [0.1, 0.15) is 4.90 Å². The van der Waals surface area contributed by atoms with Crippen molar-refractivity contribution in [3.05, 3.63) is 66.4 Å². The first kappa shape index (κ1) is 21.9. The van der Waals surface area contributed by atoms with E-state index in [4.69, 9.17) is 0 Å². The lowest BCUT2D eigenvalue weighted by Gasteiger charge is -2.40. The van der Waals surface area contributed by atoms with E-state index < -0.39 is 10.0 Å². The predicted molar refractivity (Wildman–Crippen MR) is 129 cm³/mol. The zero-order chi connectivity index (χ0) is 23.0. The van der Waals surface area contributed by atoms with Crippen LogP contribution in [0.2, 0.25) is 0 Å². The molecule has 2 fully saturated rings. The summed E-state index contributed by atoms with van der Waals surface area (Å²) in [5, 5.41) is 0.757. The number of amides is 1. The summed E-state index contributed by atoms with van der Waals surface area (Å²) < 4.78 is 28.6. The highest BCUT2D eigenvalue weighted by Crippen LogP contribution is 2.30. The number of hydrogen-bond acceptors (Lipinski definition) is 5. The Bertz CT molecular complexity index is 1270. The molecule has 1 aliphatic heterocycles. The molecular weight excluding hydrogens is 436 g/mol. The third kappa shape index (κ3) is 4.72. The number of fused-ring (bicyclic) bond motifs is 1. The van der Waals surface area contributed by atoms with Crippen molar-refractivity contribution in [3.8, 4) is 0 Å². The molecule has 8 heteroatoms. The molecule has 0 unspecified atom stereocenters. The van der Waals surface area contributed by atoms with Gasteiger partial charge in [0.25, 0.3) is 15.9 Å². The van der Waals surface area contributed by atoms with Gasteiger partial charge in [0.05, 0.1) is 5.52 Å². The van der Waals surface area contributed by atoms with Crippen molar-refractivity contribution in [1.82, 2.24) is 14.8 Å². The van der Waals surface area contributed by atoms with Gasteiger partial charge in [-0.2, -0.15) is 0 Å². The lowest BCUT2D eigenvalue weighted by molar-refractivity contribution is 0.0482. The van der Waals surface area contributed by atoms with Gasteiger partial charge >= 0.3 is 0 Å². The quantitative estimate of drug-likeness (QED) is 0.603. The molecule has 7 nitrogen and oxygen atoms in total. The SMILES string of the molecule is C[C@H]1CN(CC2CC2)CCN1C(=O)c1ccc(NS(=O)(=O)c2cccc3cccnc23)cc1. The number of nitrogens with zero attached hydrogens (tertiary/aromatic N) is 3. The first-order valence-electron chi connectivity index (χ1n) is 11.4. The summed E-state index contributed by atoms with van der Waals surface area (Å²) in [6.45, 7) is 5.77. The topological polar surface area (TPSA) is 82.6 Å². The number of sulfonamides is 1. The zero-order valence-corrected chi connectivity index (χ0v) is 19.5. The van der Waals surface area contributed by atoms with Crippen LogP contribution in [-0.4, -0.2) is 61.3 Å². The van der Waals surface area contributed by atoms with Gasteiger partial charge in [-0.05, 0) is 62.1 Å². The predicted octanol–water partition coefficient (Wildman–Crippen LogP) is 3.59. The lowest BCUT2D eigenvalue weighted by atomic mass is 10.1. The molecule has 3 aromatic rings. The van der Waals surface area contributed by atoms with Crippen LogP contribution in [0.5, 0.6) is 0 Å². The average Bonchev–Trinajstić information content (AvgIpc) is 3.63. The number of anilines is 1. The Hall–Kier alpha value is -2.97. The molecule has 0 spiro atoms. The molecule has 172 valence electrons. The van der Waals surface area contributed by atoms with Crippen molar-refractivity contribution in [2.45, 2.75) is 30.7 Å². The maximum atomic E-state index is 13.1. The minimum Gasteiger partial charge on any atom is -0.333 e. The van der Waals surface area contributed by atoms with Crippen LogP contribution in [-0.2, 0) is 10.0 Å². The van der Waals surface area contributed by atoms with Crippen molar-refractivity contribution in [2.75, 3.05) is 30.9 Å². The van der Waals surface area contributed by atoms with Gasteiger partial charge in [-0.25, -0.2) is 8.42 Å². The van der Waals surface area contributed by atoms with Gasteiger partial charge in [-0.1, -0.05) is 18.2 Å². The van der Waals surface area contributed by atoms with E-state index in [2.05, 4.69) is 21.5 Å². The van der Waals surface area contributed by atoms with Gasteiger partial charge in [-0.15, -0.1) is 0 Å². The number of hydrogen-bond donors (Lipinski definition) is 1. The minimum absolute atomic E-state index is 0.0127. The molecule has 1 aromatic heterocycles. The van der Waals surface area contributed by atoms with E-state index in [0.717, 1.165) is 37.5 Å². The molecule has 2 aromatic carbocycles. The van der Waals surface area contributed by atoms with Gasteiger partial charge in [0, 0.05) is 55.1 Å². The van der Waals surface area contributed by atoms with Crippen LogP contribution in [0.15, 0.2) is 65.7 Å². The number of rotatable bonds is 6. The molecule has 2 heterocycles. The molecule has 33 heavy (non-hydrogen) atoms. The number of para-hydroxylation sites is 1. The molecule has 1 N–H and O–H groups in total. The van der Waals surface area contributed by atoms with E-state index in [9.17, 15) is 13.2 Å². The fraction of sp³-hybridized carbons (Fsp3) is 0.360. The number of carbonyl (C=O) groups is 1. The fourth-order valence-corrected chi connectivity index (χ4v) is 5.76. The second-order valence-corrected chi connectivity index (χ2v) is 10.7. The largest absolute Gasteiger partial charge is 0.333 e. The summed E-state index contributed by atoms with van der Waals surface area (Å²) in [6, 6.07) is 15.5. The highest BCUT2D eigenvalue weighted by atomic mass is 32.2. The molecule has 1 saturated carbocycles. The van der Waals surface area contributed by atoms with Crippen LogP contribution in [0.3, 0.4) is 0 Å². The van der Waals surface area contributed by atoms with Crippen molar-refractivity contribution >= 4 is 32.5 Å². The molecule has 2 aliphatic rings. The molecule has 1 atom stereocenters. The van der Waals surface area contributed by atoms with E-state index in [1.807, 2.05) is 17.0 Å². The summed E-state index contributed by atoms with van der Waals surface area (Å²) in [5.41, 5.74) is 1.39. The zero-order valence-electron chi connectivity index (χ0n) is 18.6. The summed E-state index contributed by atoms with van der Waals surface area (Å²) >= 11 is 0. The van der Waals surface area contributed by atoms with Gasteiger partial charge in [0.15, 0.2) is 0 Å². The molecule has 1 amide bonds. The Kier molecular flexibility index (Phi) is 5.80. The summed E-state index contributed by atoms with van der Waals surface area (Å²) in [5.74, 6) is 0.835. The van der Waals surface area contributed by atoms with Crippen molar-refractivity contribution in [1.29, 1.82) is 0 Å². The molecule has 1 saturated heterocycles. The van der Waals surface area contributed by atoms with Gasteiger partial charge in [-0.3, -0.25) is 19.4 Å². The number of piperazine rings is 1. The van der Waals surface area contributed by atoms with Crippen LogP contribution >= 0.6 is 0 Å². The van der Waals surface area contributed by atoms with Crippen LogP contribution < -0.4 is 4.72 Å². The second-order valence-electron chi connectivity index (χ2n) is 9.06. The van der Waals surface area contributed by atoms with E-state index in [0.29, 0.717) is 16.8 Å². The molecule has 5 rings (SSSR count). The number of pyridine rings is 1. The smallest absolute Gasteiger partial charge is 0.264 e. The second kappa shape index (κ2) is 8.76. The maximum Gasteiger partial charge on any atom is 0.264 e. The van der Waals surface area contributed by atoms with Crippen LogP contribution in [0, 0.1) is 5.92 Å². The maximum absolute atomic E-state index is 13.1. The van der Waals surface area contributed by atoms with E-state index in [1.54, 1.807) is 48.7 Å². The Morgan fingerprint density at radius 3 is 2.55 bits per heavy atom. The monoisotopic (exact) mass is 464 g/mol. The van der Waals surface area contributed by atoms with Gasteiger partial charge < -0.3 is 4.90 Å². The standard InChI is InChI=1S/C25H28N4O3S/c1-18-16-28(17-19-7-8-19)14-15-29(18)25(30)21-9-11-22(12-10-21)27-33(31,32)23-6-2-4-20-5-3-13-26-24(20)23/h2-6,9-13,18-19,27H,7-8,14-17H2,1H3/t18-/m0/s1. The van der Waals surface area contributed by atoms with E-state index in [1.165, 1.54) is 12.8 Å². The highest BCUT2D eigenvalue weighted by molar-refractivity contribution is 7.93. The molecule has 0 radical (unpaired) electrons. The first-order valence-corrected chi connectivity index (χ1v) is 12.9. The van der Waals surface area contributed by atoms with Gasteiger partial charge in [0.2, 0.25) is 0 Å². The number of carbonyl (C=O) groups excluding carboxylic acids is 1. The summed E-state index contributed by atoms with van der Waals surface area (Å²) in [6.07, 6.45) is 4.25. The Morgan fingerprint density at radius 2 is 1.82 bits per heavy atom.